The van der Waals surface area contributed by atoms with E-state index in [2.05, 4.69) is 15.6 Å². The van der Waals surface area contributed by atoms with Crippen molar-refractivity contribution in [3.63, 3.8) is 0 Å². The van der Waals surface area contributed by atoms with Crippen LogP contribution < -0.4 is 10.6 Å². The molecule has 0 unspecified atom stereocenters. The van der Waals surface area contributed by atoms with Gasteiger partial charge in [-0.05, 0) is 43.2 Å². The molecule has 0 atom stereocenters. The van der Waals surface area contributed by atoms with Gasteiger partial charge in [-0.25, -0.2) is 0 Å². The lowest BCUT2D eigenvalue weighted by molar-refractivity contribution is 0.0946. The summed E-state index contributed by atoms with van der Waals surface area (Å²) in [6, 6.07) is 8.04. The molecule has 0 aliphatic heterocycles. The maximum atomic E-state index is 12.3. The van der Waals surface area contributed by atoms with Crippen LogP contribution in [0, 0.1) is 0 Å². The first kappa shape index (κ1) is 15.8. The summed E-state index contributed by atoms with van der Waals surface area (Å²) in [6.45, 7) is 0. The summed E-state index contributed by atoms with van der Waals surface area (Å²) in [6.07, 6.45) is 3.41. The molecule has 0 bridgehead atoms. The van der Waals surface area contributed by atoms with Crippen LogP contribution in [-0.4, -0.2) is 22.8 Å². The Labute approximate surface area is 143 Å². The molecule has 1 saturated carbocycles. The van der Waals surface area contributed by atoms with Crippen LogP contribution in [0.15, 0.2) is 36.5 Å². The fraction of sp³-hybridized carbons (Fsp3) is 0.188. The first-order chi connectivity index (χ1) is 11.0. The van der Waals surface area contributed by atoms with Crippen LogP contribution in [0.2, 0.25) is 10.0 Å². The van der Waals surface area contributed by atoms with Crippen LogP contribution in [0.25, 0.3) is 0 Å². The number of carbonyl (C=O) groups excluding carboxylic acids is 2. The van der Waals surface area contributed by atoms with Gasteiger partial charge in [0.1, 0.15) is 5.69 Å². The van der Waals surface area contributed by atoms with Crippen LogP contribution in [0.1, 0.15) is 33.7 Å². The smallest absolute Gasteiger partial charge is 0.270 e. The van der Waals surface area contributed by atoms with Crippen molar-refractivity contribution < 1.29 is 9.59 Å². The Morgan fingerprint density at radius 2 is 1.83 bits per heavy atom. The van der Waals surface area contributed by atoms with E-state index in [0.29, 0.717) is 21.3 Å². The van der Waals surface area contributed by atoms with Gasteiger partial charge in [0.15, 0.2) is 0 Å². The molecule has 1 aromatic carbocycles. The predicted octanol–water partition coefficient (Wildman–Crippen LogP) is 3.53. The van der Waals surface area contributed by atoms with E-state index in [1.54, 1.807) is 24.3 Å². The van der Waals surface area contributed by atoms with Gasteiger partial charge in [0.05, 0.1) is 10.0 Å². The molecule has 118 valence electrons. The quantitative estimate of drug-likeness (QED) is 0.886. The molecule has 5 nitrogen and oxygen atoms in total. The van der Waals surface area contributed by atoms with Gasteiger partial charge < -0.3 is 10.6 Å². The SMILES string of the molecule is O=C(Nc1ccc(Cl)c(Cl)c1)c1ccnc(C(=O)NC2CC2)c1. The Kier molecular flexibility index (Phi) is 4.50. The maximum Gasteiger partial charge on any atom is 0.270 e. The van der Waals surface area contributed by atoms with E-state index in [1.165, 1.54) is 12.3 Å². The van der Waals surface area contributed by atoms with Crippen LogP contribution in [-0.2, 0) is 0 Å². The third kappa shape index (κ3) is 4.00. The van der Waals surface area contributed by atoms with E-state index in [-0.39, 0.29) is 23.6 Å². The Hall–Kier alpha value is -2.11. The number of rotatable bonds is 4. The zero-order valence-electron chi connectivity index (χ0n) is 12.0. The number of hydrogen-bond acceptors (Lipinski definition) is 3. The third-order valence-electron chi connectivity index (χ3n) is 3.34. The lowest BCUT2D eigenvalue weighted by Crippen LogP contribution is -2.26. The average Bonchev–Trinajstić information content (AvgIpc) is 3.35. The Balaban J connectivity index is 1.73. The highest BCUT2D eigenvalue weighted by molar-refractivity contribution is 6.42. The number of hydrogen-bond donors (Lipinski definition) is 2. The largest absolute Gasteiger partial charge is 0.348 e. The van der Waals surface area contributed by atoms with Gasteiger partial charge >= 0.3 is 0 Å². The van der Waals surface area contributed by atoms with Crippen molar-refractivity contribution in [2.24, 2.45) is 0 Å². The molecule has 1 aliphatic carbocycles. The van der Waals surface area contributed by atoms with E-state index in [9.17, 15) is 9.59 Å². The zero-order valence-corrected chi connectivity index (χ0v) is 13.5. The molecule has 7 heteroatoms. The standard InChI is InChI=1S/C16H13Cl2N3O2/c17-12-4-3-11(8-13(12)18)21-15(22)9-5-6-19-14(7-9)16(23)20-10-1-2-10/h3-8,10H,1-2H2,(H,20,23)(H,21,22). The van der Waals surface area contributed by atoms with Crippen molar-refractivity contribution in [2.75, 3.05) is 5.32 Å². The van der Waals surface area contributed by atoms with E-state index in [4.69, 9.17) is 23.2 Å². The first-order valence-electron chi connectivity index (χ1n) is 7.06. The van der Waals surface area contributed by atoms with Gasteiger partial charge in [0, 0.05) is 23.5 Å². The van der Waals surface area contributed by atoms with Gasteiger partial charge in [-0.2, -0.15) is 0 Å². The molecule has 1 aliphatic rings. The van der Waals surface area contributed by atoms with E-state index in [0.717, 1.165) is 12.8 Å². The number of benzene rings is 1. The highest BCUT2D eigenvalue weighted by Gasteiger charge is 2.24. The van der Waals surface area contributed by atoms with Crippen molar-refractivity contribution in [1.82, 2.24) is 10.3 Å². The summed E-state index contributed by atoms with van der Waals surface area (Å²) in [5, 5.41) is 6.30. The first-order valence-corrected chi connectivity index (χ1v) is 7.82. The van der Waals surface area contributed by atoms with Gasteiger partial charge in [-0.15, -0.1) is 0 Å². The minimum absolute atomic E-state index is 0.221. The molecule has 1 heterocycles. The Morgan fingerprint density at radius 3 is 2.52 bits per heavy atom. The summed E-state index contributed by atoms with van der Waals surface area (Å²) >= 11 is 11.8. The molecular weight excluding hydrogens is 337 g/mol. The third-order valence-corrected chi connectivity index (χ3v) is 4.08. The fourth-order valence-electron chi connectivity index (χ4n) is 1.96. The second-order valence-electron chi connectivity index (χ2n) is 5.26. The molecule has 0 radical (unpaired) electrons. The van der Waals surface area contributed by atoms with Crippen LogP contribution in [0.5, 0.6) is 0 Å². The summed E-state index contributed by atoms with van der Waals surface area (Å²) < 4.78 is 0. The van der Waals surface area contributed by atoms with Gasteiger partial charge in [-0.3, -0.25) is 14.6 Å². The fourth-order valence-corrected chi connectivity index (χ4v) is 2.26. The molecular formula is C16H13Cl2N3O2. The number of carbonyl (C=O) groups is 2. The highest BCUT2D eigenvalue weighted by atomic mass is 35.5. The van der Waals surface area contributed by atoms with Crippen molar-refractivity contribution >= 4 is 40.7 Å². The van der Waals surface area contributed by atoms with Gasteiger partial charge in [0.2, 0.25) is 0 Å². The molecule has 3 rings (SSSR count). The molecule has 2 amide bonds. The predicted molar refractivity (Wildman–Crippen MR) is 89.1 cm³/mol. The summed E-state index contributed by atoms with van der Waals surface area (Å²) in [5.74, 6) is -0.622. The number of pyridine rings is 1. The van der Waals surface area contributed by atoms with E-state index in [1.807, 2.05) is 0 Å². The number of nitrogens with one attached hydrogen (secondary N) is 2. The van der Waals surface area contributed by atoms with Crippen LogP contribution in [0.3, 0.4) is 0 Å². The molecule has 0 spiro atoms. The maximum absolute atomic E-state index is 12.3. The molecule has 0 saturated heterocycles. The second-order valence-corrected chi connectivity index (χ2v) is 6.07. The number of nitrogens with zero attached hydrogens (tertiary/aromatic N) is 1. The Bertz CT molecular complexity index is 776. The van der Waals surface area contributed by atoms with E-state index < -0.39 is 0 Å². The normalized spacial score (nSPS) is 13.5. The van der Waals surface area contributed by atoms with Gasteiger partial charge in [0.25, 0.3) is 11.8 Å². The minimum atomic E-state index is -0.355. The number of aromatic nitrogens is 1. The summed E-state index contributed by atoms with van der Waals surface area (Å²) in [5.41, 5.74) is 1.08. The van der Waals surface area contributed by atoms with Crippen LogP contribution in [0.4, 0.5) is 5.69 Å². The zero-order chi connectivity index (χ0) is 16.4. The Morgan fingerprint density at radius 1 is 1.04 bits per heavy atom. The second kappa shape index (κ2) is 6.56. The summed E-state index contributed by atoms with van der Waals surface area (Å²) in [7, 11) is 0. The highest BCUT2D eigenvalue weighted by Crippen LogP contribution is 2.25. The molecule has 2 aromatic rings. The lowest BCUT2D eigenvalue weighted by atomic mass is 10.2. The molecule has 23 heavy (non-hydrogen) atoms. The van der Waals surface area contributed by atoms with Crippen molar-refractivity contribution in [3.05, 3.63) is 57.8 Å². The molecule has 1 aromatic heterocycles. The summed E-state index contributed by atoms with van der Waals surface area (Å²) in [4.78, 5) is 28.3. The number of halogens is 2. The number of amides is 2. The topological polar surface area (TPSA) is 71.1 Å². The van der Waals surface area contributed by atoms with Crippen molar-refractivity contribution in [2.45, 2.75) is 18.9 Å². The lowest BCUT2D eigenvalue weighted by Gasteiger charge is -2.08. The molecule has 1 fully saturated rings. The van der Waals surface area contributed by atoms with Crippen molar-refractivity contribution in [1.29, 1.82) is 0 Å². The minimum Gasteiger partial charge on any atom is -0.348 e. The molecule has 2 N–H and O–H groups in total. The van der Waals surface area contributed by atoms with Gasteiger partial charge in [-0.1, -0.05) is 23.2 Å². The van der Waals surface area contributed by atoms with Crippen LogP contribution >= 0.6 is 23.2 Å². The van der Waals surface area contributed by atoms with Crippen molar-refractivity contribution in [3.8, 4) is 0 Å². The monoisotopic (exact) mass is 349 g/mol. The number of anilines is 1. The van der Waals surface area contributed by atoms with E-state index >= 15 is 0 Å². The average molecular weight is 350 g/mol.